The lowest BCUT2D eigenvalue weighted by molar-refractivity contribution is 0.0758. The lowest BCUT2D eigenvalue weighted by atomic mass is 9.73. The molecule has 1 saturated carbocycles. The van der Waals surface area contributed by atoms with E-state index < -0.39 is 6.10 Å². The molecule has 6 heteroatoms. The third-order valence-electron chi connectivity index (χ3n) is 6.76. The molecule has 0 radical (unpaired) electrons. The van der Waals surface area contributed by atoms with Crippen LogP contribution in [0.3, 0.4) is 0 Å². The molecule has 1 unspecified atom stereocenters. The zero-order valence-electron chi connectivity index (χ0n) is 16.9. The second-order valence-electron chi connectivity index (χ2n) is 8.05. The van der Waals surface area contributed by atoms with E-state index in [1.165, 1.54) is 6.20 Å². The van der Waals surface area contributed by atoms with Crippen molar-refractivity contribution in [3.8, 4) is 23.0 Å². The molecule has 1 aromatic heterocycles. The Kier molecular flexibility index (Phi) is 4.21. The Labute approximate surface area is 169 Å². The van der Waals surface area contributed by atoms with Crippen molar-refractivity contribution in [3.63, 3.8) is 0 Å². The van der Waals surface area contributed by atoms with Crippen molar-refractivity contribution in [2.24, 2.45) is 11.8 Å². The van der Waals surface area contributed by atoms with Crippen LogP contribution >= 0.6 is 0 Å². The van der Waals surface area contributed by atoms with E-state index in [0.717, 1.165) is 53.0 Å². The highest BCUT2D eigenvalue weighted by atomic mass is 16.5. The Bertz CT molecular complexity index is 1130. The molecule has 6 nitrogen and oxygen atoms in total. The summed E-state index contributed by atoms with van der Waals surface area (Å²) in [4.78, 5) is 4.54. The fourth-order valence-corrected chi connectivity index (χ4v) is 5.56. The van der Waals surface area contributed by atoms with Crippen LogP contribution in [-0.4, -0.2) is 36.5 Å². The number of nitrogens with zero attached hydrogens (tertiary/aromatic N) is 1. The highest BCUT2D eigenvalue weighted by Gasteiger charge is 2.41. The first kappa shape index (κ1) is 18.3. The van der Waals surface area contributed by atoms with Crippen LogP contribution in [0.5, 0.6) is 23.0 Å². The zero-order valence-corrected chi connectivity index (χ0v) is 16.9. The molecular formula is C23H25NO5. The van der Waals surface area contributed by atoms with E-state index in [0.29, 0.717) is 28.7 Å². The number of aromatic nitrogens is 1. The van der Waals surface area contributed by atoms with Gasteiger partial charge in [-0.15, -0.1) is 0 Å². The Morgan fingerprint density at radius 1 is 1.00 bits per heavy atom. The molecule has 0 saturated heterocycles. The van der Waals surface area contributed by atoms with Crippen LogP contribution in [0.4, 0.5) is 0 Å². The van der Waals surface area contributed by atoms with Crippen molar-refractivity contribution < 1.29 is 24.4 Å². The Morgan fingerprint density at radius 3 is 2.52 bits per heavy atom. The summed E-state index contributed by atoms with van der Waals surface area (Å²) in [6.45, 7) is 0. The molecular weight excluding hydrogens is 370 g/mol. The summed E-state index contributed by atoms with van der Waals surface area (Å²) in [5, 5.41) is 24.0. The molecule has 2 aromatic carbocycles. The maximum Gasteiger partial charge on any atom is 0.203 e. The van der Waals surface area contributed by atoms with Gasteiger partial charge in [-0.25, -0.2) is 0 Å². The largest absolute Gasteiger partial charge is 0.506 e. The fraction of sp³-hybridized carbons (Fsp3) is 0.435. The van der Waals surface area contributed by atoms with Crippen LogP contribution < -0.4 is 14.2 Å². The predicted octanol–water partition coefficient (Wildman–Crippen LogP) is 4.13. The highest BCUT2D eigenvalue weighted by Crippen LogP contribution is 2.54. The molecule has 152 valence electrons. The van der Waals surface area contributed by atoms with Gasteiger partial charge in [-0.1, -0.05) is 6.42 Å². The summed E-state index contributed by atoms with van der Waals surface area (Å²) in [6, 6.07) is 3.65. The number of rotatable bonds is 3. The lowest BCUT2D eigenvalue weighted by Crippen LogP contribution is -2.26. The number of aromatic hydroxyl groups is 1. The second kappa shape index (κ2) is 6.66. The van der Waals surface area contributed by atoms with E-state index in [1.54, 1.807) is 27.4 Å². The number of benzene rings is 2. The SMILES string of the molecule is COc1cc2c3c(c4ncc(O)cc4c2c(OC)c1OC)[C@@H](O)[C@H]1CCCC1C3. The lowest BCUT2D eigenvalue weighted by Gasteiger charge is -2.34. The molecule has 3 atom stereocenters. The van der Waals surface area contributed by atoms with E-state index >= 15 is 0 Å². The minimum absolute atomic E-state index is 0.0691. The van der Waals surface area contributed by atoms with Crippen molar-refractivity contribution in [3.05, 3.63) is 29.5 Å². The highest BCUT2D eigenvalue weighted by molar-refractivity contribution is 6.14. The molecule has 0 spiro atoms. The van der Waals surface area contributed by atoms with Crippen molar-refractivity contribution in [1.29, 1.82) is 0 Å². The number of aliphatic hydroxyl groups is 1. The number of ether oxygens (including phenoxy) is 3. The number of hydrogen-bond acceptors (Lipinski definition) is 6. The van der Waals surface area contributed by atoms with Gasteiger partial charge in [-0.3, -0.25) is 4.98 Å². The standard InChI is InChI=1S/C23H25NO5/c1-27-17-9-15-14-7-11-5-4-6-13(11)21(26)19(14)20-16(8-12(25)10-24-20)18(15)23(29-3)22(17)28-2/h8-11,13,21,25-26H,4-7H2,1-3H3/t11?,13-,21-/m0/s1. The molecule has 2 aliphatic rings. The van der Waals surface area contributed by atoms with Crippen molar-refractivity contribution in [2.45, 2.75) is 31.8 Å². The van der Waals surface area contributed by atoms with Gasteiger partial charge in [-0.05, 0) is 54.2 Å². The monoisotopic (exact) mass is 395 g/mol. The summed E-state index contributed by atoms with van der Waals surface area (Å²) < 4.78 is 17.0. The van der Waals surface area contributed by atoms with Crippen molar-refractivity contribution >= 4 is 21.7 Å². The average Bonchev–Trinajstić information content (AvgIpc) is 3.21. The van der Waals surface area contributed by atoms with Crippen LogP contribution in [0.15, 0.2) is 18.3 Å². The van der Waals surface area contributed by atoms with Gasteiger partial charge >= 0.3 is 0 Å². The van der Waals surface area contributed by atoms with E-state index in [4.69, 9.17) is 14.2 Å². The predicted molar refractivity (Wildman–Crippen MR) is 110 cm³/mol. The summed E-state index contributed by atoms with van der Waals surface area (Å²) in [7, 11) is 4.78. The molecule has 0 aliphatic heterocycles. The van der Waals surface area contributed by atoms with Crippen LogP contribution in [-0.2, 0) is 6.42 Å². The van der Waals surface area contributed by atoms with Gasteiger partial charge in [0.25, 0.3) is 0 Å². The molecule has 5 rings (SSSR count). The summed E-state index contributed by atoms with van der Waals surface area (Å²) >= 11 is 0. The average molecular weight is 395 g/mol. The molecule has 0 amide bonds. The zero-order chi connectivity index (χ0) is 20.3. The third-order valence-corrected chi connectivity index (χ3v) is 6.76. The smallest absolute Gasteiger partial charge is 0.203 e. The minimum Gasteiger partial charge on any atom is -0.506 e. The van der Waals surface area contributed by atoms with Gasteiger partial charge in [0.1, 0.15) is 5.75 Å². The van der Waals surface area contributed by atoms with Gasteiger partial charge in [0.05, 0.1) is 39.1 Å². The normalized spacial score (nSPS) is 23.1. The molecule has 1 heterocycles. The van der Waals surface area contributed by atoms with Crippen LogP contribution in [0, 0.1) is 11.8 Å². The van der Waals surface area contributed by atoms with E-state index in [-0.39, 0.29) is 11.7 Å². The maximum atomic E-state index is 11.3. The second-order valence-corrected chi connectivity index (χ2v) is 8.05. The first-order chi connectivity index (χ1) is 14.1. The van der Waals surface area contributed by atoms with E-state index in [2.05, 4.69) is 4.98 Å². The molecule has 2 aliphatic carbocycles. The van der Waals surface area contributed by atoms with Crippen molar-refractivity contribution in [1.82, 2.24) is 4.98 Å². The van der Waals surface area contributed by atoms with Crippen LogP contribution in [0.1, 0.15) is 36.5 Å². The Hall–Kier alpha value is -2.73. The van der Waals surface area contributed by atoms with Gasteiger partial charge in [-0.2, -0.15) is 0 Å². The maximum absolute atomic E-state index is 11.3. The number of aliphatic hydroxyl groups excluding tert-OH is 1. The number of methoxy groups -OCH3 is 3. The van der Waals surface area contributed by atoms with E-state index in [1.807, 2.05) is 6.07 Å². The first-order valence-corrected chi connectivity index (χ1v) is 10.0. The number of fused-ring (bicyclic) bond motifs is 7. The topological polar surface area (TPSA) is 81.0 Å². The Morgan fingerprint density at radius 2 is 1.79 bits per heavy atom. The van der Waals surface area contributed by atoms with Crippen molar-refractivity contribution in [2.75, 3.05) is 21.3 Å². The fourth-order valence-electron chi connectivity index (χ4n) is 5.56. The van der Waals surface area contributed by atoms with Gasteiger partial charge in [0.2, 0.25) is 5.75 Å². The quantitative estimate of drug-likeness (QED) is 0.649. The molecule has 1 fully saturated rings. The van der Waals surface area contributed by atoms with Gasteiger partial charge in [0.15, 0.2) is 11.5 Å². The van der Waals surface area contributed by atoms with Crippen LogP contribution in [0.2, 0.25) is 0 Å². The van der Waals surface area contributed by atoms with E-state index in [9.17, 15) is 10.2 Å². The first-order valence-electron chi connectivity index (χ1n) is 10.0. The summed E-state index contributed by atoms with van der Waals surface area (Å²) in [5.74, 6) is 2.43. The number of hydrogen-bond donors (Lipinski definition) is 2. The van der Waals surface area contributed by atoms with Gasteiger partial charge in [0, 0.05) is 16.3 Å². The third kappa shape index (κ3) is 2.48. The number of pyridine rings is 1. The molecule has 0 bridgehead atoms. The minimum atomic E-state index is -0.561. The Balaban J connectivity index is 1.98. The molecule has 2 N–H and O–H groups in total. The van der Waals surface area contributed by atoms with Crippen LogP contribution in [0.25, 0.3) is 21.7 Å². The van der Waals surface area contributed by atoms with Gasteiger partial charge < -0.3 is 24.4 Å². The molecule has 29 heavy (non-hydrogen) atoms. The summed E-state index contributed by atoms with van der Waals surface area (Å²) in [5.41, 5.74) is 2.69. The summed E-state index contributed by atoms with van der Waals surface area (Å²) in [6.07, 6.45) is 5.09. The molecule has 3 aromatic rings.